The summed E-state index contributed by atoms with van der Waals surface area (Å²) in [5, 5.41) is 0. The normalized spacial score (nSPS) is 20.6. The highest BCUT2D eigenvalue weighted by Crippen LogP contribution is 2.48. The second-order valence-corrected chi connectivity index (χ2v) is 5.47. The van der Waals surface area contributed by atoms with Crippen molar-refractivity contribution in [3.63, 3.8) is 0 Å². The van der Waals surface area contributed by atoms with Crippen LogP contribution >= 0.6 is 0 Å². The Balaban J connectivity index is 2.09. The molecule has 1 heterocycles. The Morgan fingerprint density at radius 2 is 1.86 bits per heavy atom. The third-order valence-corrected chi connectivity index (χ3v) is 4.33. The highest BCUT2D eigenvalue weighted by molar-refractivity contribution is 5.59. The Kier molecular flexibility index (Phi) is 3.74. The van der Waals surface area contributed by atoms with E-state index < -0.39 is 17.2 Å². The van der Waals surface area contributed by atoms with Gasteiger partial charge in [0.15, 0.2) is 11.6 Å². The Labute approximate surface area is 121 Å². The number of rotatable bonds is 3. The van der Waals surface area contributed by atoms with Crippen LogP contribution in [0.2, 0.25) is 0 Å². The van der Waals surface area contributed by atoms with Crippen LogP contribution in [-0.2, 0) is 15.1 Å². The Morgan fingerprint density at radius 1 is 1.19 bits per heavy atom. The van der Waals surface area contributed by atoms with E-state index >= 15 is 0 Å². The van der Waals surface area contributed by atoms with Crippen molar-refractivity contribution < 1.29 is 18.3 Å². The van der Waals surface area contributed by atoms with Crippen LogP contribution in [0.5, 0.6) is 0 Å². The number of carbonyl (C=O) groups excluding carboxylic acids is 1. The number of nitrogens with zero attached hydrogens (tertiary/aromatic N) is 2. The smallest absolute Gasteiger partial charge is 0.235 e. The van der Waals surface area contributed by atoms with Crippen LogP contribution in [0.4, 0.5) is 14.5 Å². The van der Waals surface area contributed by atoms with Crippen LogP contribution in [0, 0.1) is 11.6 Å². The molecule has 2 fully saturated rings. The van der Waals surface area contributed by atoms with Crippen LogP contribution in [0.1, 0.15) is 24.8 Å². The largest absolute Gasteiger partial charge is 0.378 e. The minimum atomic E-state index is -0.908. The first kappa shape index (κ1) is 14.2. The predicted octanol–water partition coefficient (Wildman–Crippen LogP) is 2.52. The van der Waals surface area contributed by atoms with Crippen LogP contribution in [0.15, 0.2) is 17.1 Å². The summed E-state index contributed by atoms with van der Waals surface area (Å²) in [4.78, 5) is 16.6. The van der Waals surface area contributed by atoms with Gasteiger partial charge in [-0.2, -0.15) is 4.99 Å². The van der Waals surface area contributed by atoms with Crippen molar-refractivity contribution in [2.24, 2.45) is 4.99 Å². The molecule has 3 rings (SSSR count). The van der Waals surface area contributed by atoms with Crippen molar-refractivity contribution >= 4 is 11.8 Å². The number of isocyanates is 1. The molecule has 0 aromatic heterocycles. The van der Waals surface area contributed by atoms with Gasteiger partial charge in [0.1, 0.15) is 5.54 Å². The van der Waals surface area contributed by atoms with E-state index in [-0.39, 0.29) is 0 Å². The van der Waals surface area contributed by atoms with Gasteiger partial charge in [0.05, 0.1) is 13.2 Å². The van der Waals surface area contributed by atoms with Gasteiger partial charge >= 0.3 is 0 Å². The first-order valence-corrected chi connectivity index (χ1v) is 7.07. The summed E-state index contributed by atoms with van der Waals surface area (Å²) in [6.45, 7) is 2.31. The van der Waals surface area contributed by atoms with Gasteiger partial charge < -0.3 is 9.64 Å². The monoisotopic (exact) mass is 294 g/mol. The molecule has 1 aromatic rings. The Hall–Kier alpha value is -1.78. The summed E-state index contributed by atoms with van der Waals surface area (Å²) < 4.78 is 32.7. The summed E-state index contributed by atoms with van der Waals surface area (Å²) in [5.41, 5.74) is 0.443. The third-order valence-electron chi connectivity index (χ3n) is 4.33. The van der Waals surface area contributed by atoms with Gasteiger partial charge in [0.25, 0.3) is 0 Å². The summed E-state index contributed by atoms with van der Waals surface area (Å²) >= 11 is 0. The molecule has 0 bridgehead atoms. The Morgan fingerprint density at radius 3 is 2.43 bits per heavy atom. The van der Waals surface area contributed by atoms with Crippen molar-refractivity contribution in [1.29, 1.82) is 0 Å². The van der Waals surface area contributed by atoms with E-state index in [1.54, 1.807) is 6.08 Å². The molecule has 2 aliphatic rings. The van der Waals surface area contributed by atoms with Gasteiger partial charge in [0.2, 0.25) is 6.08 Å². The van der Waals surface area contributed by atoms with Crippen LogP contribution in [-0.4, -0.2) is 32.4 Å². The summed E-state index contributed by atoms with van der Waals surface area (Å²) in [6, 6.07) is 2.39. The molecule has 4 nitrogen and oxygen atoms in total. The maximum Gasteiger partial charge on any atom is 0.235 e. The first-order valence-electron chi connectivity index (χ1n) is 7.07. The van der Waals surface area contributed by atoms with Crippen molar-refractivity contribution in [3.8, 4) is 0 Å². The SMILES string of the molecule is O=C=NC1(c2cc(F)c(F)cc2N2CCOCC2)CCC1. The lowest BCUT2D eigenvalue weighted by Gasteiger charge is -2.41. The third kappa shape index (κ3) is 2.45. The van der Waals surface area contributed by atoms with E-state index in [9.17, 15) is 13.6 Å². The number of ether oxygens (including phenoxy) is 1. The van der Waals surface area contributed by atoms with Gasteiger partial charge in [-0.1, -0.05) is 0 Å². The molecule has 21 heavy (non-hydrogen) atoms. The molecule has 0 radical (unpaired) electrons. The molecular weight excluding hydrogens is 278 g/mol. The Bertz CT molecular complexity index is 590. The van der Waals surface area contributed by atoms with Gasteiger partial charge in [-0.15, -0.1) is 0 Å². The molecule has 0 unspecified atom stereocenters. The minimum absolute atomic E-state index is 0.544. The van der Waals surface area contributed by atoms with Crippen molar-refractivity contribution in [2.45, 2.75) is 24.8 Å². The van der Waals surface area contributed by atoms with Crippen LogP contribution < -0.4 is 4.90 Å². The predicted molar refractivity (Wildman–Crippen MR) is 73.0 cm³/mol. The minimum Gasteiger partial charge on any atom is -0.378 e. The lowest BCUT2D eigenvalue weighted by molar-refractivity contribution is 0.122. The first-order chi connectivity index (χ1) is 10.2. The zero-order valence-corrected chi connectivity index (χ0v) is 11.6. The number of anilines is 1. The molecule has 0 amide bonds. The fourth-order valence-corrected chi connectivity index (χ4v) is 3.02. The van der Waals surface area contributed by atoms with E-state index in [4.69, 9.17) is 4.74 Å². The molecule has 0 N–H and O–H groups in total. The van der Waals surface area contributed by atoms with Gasteiger partial charge in [0, 0.05) is 30.4 Å². The molecule has 1 saturated carbocycles. The van der Waals surface area contributed by atoms with Crippen LogP contribution in [0.25, 0.3) is 0 Å². The molecule has 0 spiro atoms. The molecule has 1 saturated heterocycles. The number of hydrogen-bond donors (Lipinski definition) is 0. The number of aliphatic imine (C=N–C) groups is 1. The number of morpholine rings is 1. The lowest BCUT2D eigenvalue weighted by atomic mass is 9.71. The highest BCUT2D eigenvalue weighted by atomic mass is 19.2. The summed E-state index contributed by atoms with van der Waals surface area (Å²) in [5.74, 6) is -1.79. The van der Waals surface area contributed by atoms with E-state index in [0.717, 1.165) is 6.42 Å². The van der Waals surface area contributed by atoms with Crippen molar-refractivity contribution in [3.05, 3.63) is 29.3 Å². The van der Waals surface area contributed by atoms with E-state index in [1.165, 1.54) is 12.1 Å². The zero-order valence-electron chi connectivity index (χ0n) is 11.6. The van der Waals surface area contributed by atoms with Gasteiger partial charge in [-0.05, 0) is 25.3 Å². The van der Waals surface area contributed by atoms with Gasteiger partial charge in [-0.3, -0.25) is 0 Å². The van der Waals surface area contributed by atoms with E-state index in [0.29, 0.717) is 50.4 Å². The maximum atomic E-state index is 13.7. The lowest BCUT2D eigenvalue weighted by Crippen LogP contribution is -2.40. The molecule has 0 atom stereocenters. The summed E-state index contributed by atoms with van der Waals surface area (Å²) in [6.07, 6.45) is 3.81. The maximum absolute atomic E-state index is 13.7. The molecular formula is C15H16F2N2O2. The number of benzene rings is 1. The highest BCUT2D eigenvalue weighted by Gasteiger charge is 2.42. The zero-order chi connectivity index (χ0) is 14.9. The molecule has 112 valence electrons. The van der Waals surface area contributed by atoms with Crippen LogP contribution in [0.3, 0.4) is 0 Å². The molecule has 1 aliphatic carbocycles. The number of halogens is 2. The van der Waals surface area contributed by atoms with E-state index in [1.807, 2.05) is 4.90 Å². The van der Waals surface area contributed by atoms with Crippen molar-refractivity contribution in [1.82, 2.24) is 0 Å². The second-order valence-electron chi connectivity index (χ2n) is 5.47. The van der Waals surface area contributed by atoms with Crippen molar-refractivity contribution in [2.75, 3.05) is 31.2 Å². The van der Waals surface area contributed by atoms with E-state index in [2.05, 4.69) is 4.99 Å². The second kappa shape index (κ2) is 5.54. The molecule has 6 heteroatoms. The molecule has 1 aromatic carbocycles. The average Bonchev–Trinajstić information content (AvgIpc) is 2.46. The molecule has 1 aliphatic heterocycles. The number of hydrogen-bond acceptors (Lipinski definition) is 4. The summed E-state index contributed by atoms with van der Waals surface area (Å²) in [7, 11) is 0. The topological polar surface area (TPSA) is 41.9 Å². The fraction of sp³-hybridized carbons (Fsp3) is 0.533. The average molecular weight is 294 g/mol. The quantitative estimate of drug-likeness (QED) is 0.635. The fourth-order valence-electron chi connectivity index (χ4n) is 3.02. The van der Waals surface area contributed by atoms with Gasteiger partial charge in [-0.25, -0.2) is 13.6 Å². The standard InChI is InChI=1S/C15H16F2N2O2/c16-12-8-11(15(18-10-20)2-1-3-15)14(9-13(12)17)19-4-6-21-7-5-19/h8-9H,1-7H2.